The summed E-state index contributed by atoms with van der Waals surface area (Å²) < 4.78 is 26.5. The van der Waals surface area contributed by atoms with Gasteiger partial charge in [-0.15, -0.1) is 0 Å². The van der Waals surface area contributed by atoms with E-state index in [1.165, 1.54) is 0 Å². The number of hydrogen-bond donors (Lipinski definition) is 1. The molecule has 0 saturated heterocycles. The maximum absolute atomic E-state index is 11.9. The summed E-state index contributed by atoms with van der Waals surface area (Å²) in [5, 5.41) is 0. The zero-order valence-corrected chi connectivity index (χ0v) is 13.8. The lowest BCUT2D eigenvalue weighted by Crippen LogP contribution is -2.22. The van der Waals surface area contributed by atoms with Crippen LogP contribution < -0.4 is 9.62 Å². The highest BCUT2D eigenvalue weighted by Crippen LogP contribution is 2.23. The van der Waals surface area contributed by atoms with Gasteiger partial charge >= 0.3 is 0 Å². The molecule has 0 amide bonds. The highest BCUT2D eigenvalue weighted by Gasteiger charge is 2.12. The number of aryl methyl sites for hydroxylation is 1. The molecule has 5 heteroatoms. The lowest BCUT2D eigenvalue weighted by Gasteiger charge is -2.22. The van der Waals surface area contributed by atoms with E-state index in [1.54, 1.807) is 0 Å². The molecular formula is C15H26N2O2S. The Labute approximate surface area is 123 Å². The van der Waals surface area contributed by atoms with Gasteiger partial charge in [-0.25, -0.2) is 8.42 Å². The highest BCUT2D eigenvalue weighted by atomic mass is 32.2. The number of nitrogens with one attached hydrogen (secondary N) is 1. The molecule has 0 aromatic heterocycles. The Morgan fingerprint density at radius 3 is 2.30 bits per heavy atom. The molecule has 0 aliphatic heterocycles. The quantitative estimate of drug-likeness (QED) is 0.800. The molecule has 0 radical (unpaired) electrons. The van der Waals surface area contributed by atoms with Gasteiger partial charge in [-0.05, 0) is 51.0 Å². The molecular weight excluding hydrogens is 272 g/mol. The van der Waals surface area contributed by atoms with Gasteiger partial charge in [0.25, 0.3) is 0 Å². The summed E-state index contributed by atoms with van der Waals surface area (Å²) in [4.78, 5) is 2.24. The topological polar surface area (TPSA) is 49.4 Å². The van der Waals surface area contributed by atoms with Gasteiger partial charge in [0, 0.05) is 18.8 Å². The minimum atomic E-state index is -3.23. The van der Waals surface area contributed by atoms with Crippen molar-refractivity contribution >= 4 is 21.4 Å². The van der Waals surface area contributed by atoms with Crippen LogP contribution in [0, 0.1) is 6.92 Å². The highest BCUT2D eigenvalue weighted by molar-refractivity contribution is 7.92. The van der Waals surface area contributed by atoms with Crippen molar-refractivity contribution in [2.75, 3.05) is 28.5 Å². The first-order valence-corrected chi connectivity index (χ1v) is 8.94. The van der Waals surface area contributed by atoms with Gasteiger partial charge in [-0.3, -0.25) is 4.72 Å². The van der Waals surface area contributed by atoms with Crippen molar-refractivity contribution in [3.05, 3.63) is 23.8 Å². The first-order valence-electron chi connectivity index (χ1n) is 7.29. The van der Waals surface area contributed by atoms with Crippen molar-refractivity contribution in [1.29, 1.82) is 0 Å². The van der Waals surface area contributed by atoms with Crippen LogP contribution in [0.2, 0.25) is 0 Å². The second-order valence-electron chi connectivity index (χ2n) is 4.95. The number of rotatable bonds is 8. The Morgan fingerprint density at radius 2 is 1.80 bits per heavy atom. The monoisotopic (exact) mass is 298 g/mol. The Bertz CT molecular complexity index is 523. The predicted molar refractivity (Wildman–Crippen MR) is 87.1 cm³/mol. The third-order valence-electron chi connectivity index (χ3n) is 3.37. The Kier molecular flexibility index (Phi) is 6.33. The fraction of sp³-hybridized carbons (Fsp3) is 0.600. The molecule has 0 heterocycles. The summed E-state index contributed by atoms with van der Waals surface area (Å²) in [6.45, 7) is 10.0. The number of hydrogen-bond acceptors (Lipinski definition) is 3. The van der Waals surface area contributed by atoms with Crippen molar-refractivity contribution in [1.82, 2.24) is 0 Å². The van der Waals surface area contributed by atoms with Crippen LogP contribution in [0.5, 0.6) is 0 Å². The minimum Gasteiger partial charge on any atom is -0.372 e. The first-order chi connectivity index (χ1) is 9.43. The van der Waals surface area contributed by atoms with E-state index in [-0.39, 0.29) is 5.75 Å². The van der Waals surface area contributed by atoms with Gasteiger partial charge < -0.3 is 4.90 Å². The van der Waals surface area contributed by atoms with Crippen LogP contribution in [0.15, 0.2) is 18.2 Å². The third-order valence-corrected chi connectivity index (χ3v) is 4.73. The predicted octanol–water partition coefficient (Wildman–Crippen LogP) is 3.38. The average molecular weight is 298 g/mol. The molecule has 1 N–H and O–H groups in total. The molecule has 0 atom stereocenters. The molecule has 114 valence electrons. The fourth-order valence-corrected chi connectivity index (χ4v) is 3.44. The molecule has 1 aromatic rings. The maximum atomic E-state index is 11.9. The second kappa shape index (κ2) is 7.53. The molecule has 4 nitrogen and oxygen atoms in total. The van der Waals surface area contributed by atoms with E-state index in [0.717, 1.165) is 30.8 Å². The normalized spacial score (nSPS) is 11.4. The minimum absolute atomic E-state index is 0.181. The summed E-state index contributed by atoms with van der Waals surface area (Å²) in [6.07, 6.45) is 1.56. The molecule has 0 spiro atoms. The molecule has 0 aliphatic carbocycles. The Hall–Kier alpha value is -1.23. The van der Waals surface area contributed by atoms with E-state index in [9.17, 15) is 8.42 Å². The SMILES string of the molecule is CCCCS(=O)(=O)Nc1ccc(N(CC)CC)cc1C. The number of nitrogens with zero attached hydrogens (tertiary/aromatic N) is 1. The smallest absolute Gasteiger partial charge is 0.232 e. The van der Waals surface area contributed by atoms with E-state index in [2.05, 4.69) is 23.5 Å². The van der Waals surface area contributed by atoms with Crippen LogP contribution in [0.4, 0.5) is 11.4 Å². The number of sulfonamides is 1. The van der Waals surface area contributed by atoms with Crippen LogP contribution in [0.1, 0.15) is 39.2 Å². The zero-order chi connectivity index (χ0) is 15.2. The van der Waals surface area contributed by atoms with E-state index in [4.69, 9.17) is 0 Å². The standard InChI is InChI=1S/C15H26N2O2S/c1-5-8-11-20(18,19)16-15-10-9-14(12-13(15)4)17(6-2)7-3/h9-10,12,16H,5-8,11H2,1-4H3. The van der Waals surface area contributed by atoms with Gasteiger partial charge in [0.2, 0.25) is 10.0 Å². The van der Waals surface area contributed by atoms with E-state index >= 15 is 0 Å². The van der Waals surface area contributed by atoms with Gasteiger partial charge in [0.15, 0.2) is 0 Å². The largest absolute Gasteiger partial charge is 0.372 e. The van der Waals surface area contributed by atoms with Crippen molar-refractivity contribution in [2.24, 2.45) is 0 Å². The lowest BCUT2D eigenvalue weighted by molar-refractivity contribution is 0.598. The van der Waals surface area contributed by atoms with Crippen molar-refractivity contribution in [3.63, 3.8) is 0 Å². The Morgan fingerprint density at radius 1 is 1.15 bits per heavy atom. The molecule has 0 fully saturated rings. The van der Waals surface area contributed by atoms with E-state index in [0.29, 0.717) is 12.1 Å². The van der Waals surface area contributed by atoms with Crippen LogP contribution in [0.3, 0.4) is 0 Å². The molecule has 20 heavy (non-hydrogen) atoms. The number of unbranched alkanes of at least 4 members (excludes halogenated alkanes) is 1. The van der Waals surface area contributed by atoms with Gasteiger partial charge in [-0.1, -0.05) is 13.3 Å². The van der Waals surface area contributed by atoms with Crippen molar-refractivity contribution < 1.29 is 8.42 Å². The summed E-state index contributed by atoms with van der Waals surface area (Å²) in [7, 11) is -3.23. The van der Waals surface area contributed by atoms with Gasteiger partial charge in [0.05, 0.1) is 11.4 Å². The van der Waals surface area contributed by atoms with E-state index in [1.807, 2.05) is 32.0 Å². The molecule has 0 saturated carbocycles. The van der Waals surface area contributed by atoms with Crippen molar-refractivity contribution in [2.45, 2.75) is 40.5 Å². The van der Waals surface area contributed by atoms with Crippen LogP contribution >= 0.6 is 0 Å². The Balaban J connectivity index is 2.88. The first kappa shape index (κ1) is 16.8. The van der Waals surface area contributed by atoms with Crippen LogP contribution in [0.25, 0.3) is 0 Å². The summed E-state index contributed by atoms with van der Waals surface area (Å²) in [6, 6.07) is 5.86. The van der Waals surface area contributed by atoms with Gasteiger partial charge in [0.1, 0.15) is 0 Å². The lowest BCUT2D eigenvalue weighted by atomic mass is 10.1. The maximum Gasteiger partial charge on any atom is 0.232 e. The third kappa shape index (κ3) is 4.71. The molecule has 1 aromatic carbocycles. The summed E-state index contributed by atoms with van der Waals surface area (Å²) in [5.41, 5.74) is 2.76. The molecule has 1 rings (SSSR count). The van der Waals surface area contributed by atoms with Crippen molar-refractivity contribution in [3.8, 4) is 0 Å². The van der Waals surface area contributed by atoms with Crippen LogP contribution in [-0.2, 0) is 10.0 Å². The molecule has 0 bridgehead atoms. The summed E-state index contributed by atoms with van der Waals surface area (Å²) in [5.74, 6) is 0.181. The average Bonchev–Trinajstić information content (AvgIpc) is 2.41. The second-order valence-corrected chi connectivity index (χ2v) is 6.79. The van der Waals surface area contributed by atoms with E-state index < -0.39 is 10.0 Å². The zero-order valence-electron chi connectivity index (χ0n) is 12.9. The fourth-order valence-electron chi connectivity index (χ4n) is 2.10. The van der Waals surface area contributed by atoms with Gasteiger partial charge in [-0.2, -0.15) is 0 Å². The molecule has 0 unspecified atom stereocenters. The summed E-state index contributed by atoms with van der Waals surface area (Å²) >= 11 is 0. The molecule has 0 aliphatic rings. The van der Waals surface area contributed by atoms with Crippen LogP contribution in [-0.4, -0.2) is 27.3 Å². The number of benzene rings is 1. The number of anilines is 2.